The van der Waals surface area contributed by atoms with Gasteiger partial charge in [0, 0.05) is 12.1 Å². The SMILES string of the molecule is O=C(COC(=O)CN1C(=O)c2cc(Cl)c(Cl)cc2C1=O)Nc1ccc([N+](=O)[O-])cc1Cl. The van der Waals surface area contributed by atoms with Crippen molar-refractivity contribution in [3.63, 3.8) is 0 Å². The zero-order valence-corrected chi connectivity index (χ0v) is 17.5. The molecule has 0 aromatic heterocycles. The monoisotopic (exact) mass is 485 g/mol. The van der Waals surface area contributed by atoms with E-state index in [1.807, 2.05) is 0 Å². The Balaban J connectivity index is 1.57. The minimum atomic E-state index is -1.02. The highest BCUT2D eigenvalue weighted by Crippen LogP contribution is 2.31. The zero-order valence-electron chi connectivity index (χ0n) is 15.2. The van der Waals surface area contributed by atoms with Crippen molar-refractivity contribution in [3.05, 3.63) is 66.6 Å². The number of ether oxygens (including phenoxy) is 1. The number of non-ortho nitro benzene ring substituents is 1. The van der Waals surface area contributed by atoms with E-state index >= 15 is 0 Å². The first-order valence-corrected chi connectivity index (χ1v) is 9.46. The van der Waals surface area contributed by atoms with Gasteiger partial charge in [0.15, 0.2) is 6.61 Å². The van der Waals surface area contributed by atoms with Gasteiger partial charge in [0.1, 0.15) is 6.54 Å². The van der Waals surface area contributed by atoms with Crippen molar-refractivity contribution in [2.45, 2.75) is 0 Å². The number of carbonyl (C=O) groups excluding carboxylic acids is 4. The lowest BCUT2D eigenvalue weighted by Crippen LogP contribution is -2.36. The van der Waals surface area contributed by atoms with E-state index in [0.717, 1.165) is 12.1 Å². The predicted octanol–water partition coefficient (Wildman–Crippen LogP) is 3.33. The molecule has 2 aromatic carbocycles. The Morgan fingerprint density at radius 3 is 2.10 bits per heavy atom. The smallest absolute Gasteiger partial charge is 0.326 e. The molecular formula is C18H10Cl3N3O7. The van der Waals surface area contributed by atoms with Crippen LogP contribution in [0, 0.1) is 10.1 Å². The fourth-order valence-electron chi connectivity index (χ4n) is 2.65. The number of nitrogens with one attached hydrogen (secondary N) is 1. The zero-order chi connectivity index (χ0) is 22.9. The fourth-order valence-corrected chi connectivity index (χ4v) is 3.20. The van der Waals surface area contributed by atoms with Crippen LogP contribution in [0.5, 0.6) is 0 Å². The lowest BCUT2D eigenvalue weighted by Gasteiger charge is -2.13. The van der Waals surface area contributed by atoms with Gasteiger partial charge in [0.25, 0.3) is 23.4 Å². The number of fused-ring (bicyclic) bond motifs is 1. The van der Waals surface area contributed by atoms with Crippen molar-refractivity contribution in [2.24, 2.45) is 0 Å². The Kier molecular flexibility index (Phi) is 6.44. The third-order valence-corrected chi connectivity index (χ3v) is 5.14. The molecule has 0 bridgehead atoms. The molecule has 0 fully saturated rings. The van der Waals surface area contributed by atoms with Crippen LogP contribution in [-0.4, -0.2) is 46.7 Å². The molecule has 10 nitrogen and oxygen atoms in total. The summed E-state index contributed by atoms with van der Waals surface area (Å²) < 4.78 is 4.78. The van der Waals surface area contributed by atoms with Crippen LogP contribution in [0.3, 0.4) is 0 Å². The van der Waals surface area contributed by atoms with E-state index in [1.165, 1.54) is 18.2 Å². The van der Waals surface area contributed by atoms with Crippen LogP contribution < -0.4 is 5.32 Å². The molecule has 3 rings (SSSR count). The standard InChI is InChI=1S/C18H10Cl3N3O7/c19-11-4-9-10(5-12(11)20)18(28)23(17(9)27)6-16(26)31-7-15(25)22-14-2-1-8(24(29)30)3-13(14)21/h1-5H,6-7H2,(H,22,25). The van der Waals surface area contributed by atoms with Gasteiger partial charge < -0.3 is 10.1 Å². The van der Waals surface area contributed by atoms with Crippen molar-refractivity contribution in [1.29, 1.82) is 0 Å². The first kappa shape index (κ1) is 22.5. The van der Waals surface area contributed by atoms with Crippen molar-refractivity contribution in [3.8, 4) is 0 Å². The van der Waals surface area contributed by atoms with E-state index in [-0.39, 0.29) is 37.6 Å². The van der Waals surface area contributed by atoms with E-state index in [9.17, 15) is 29.3 Å². The minimum absolute atomic E-state index is 0.00208. The molecule has 2 aromatic rings. The number of esters is 1. The number of rotatable bonds is 6. The topological polar surface area (TPSA) is 136 Å². The number of halogens is 3. The Bertz CT molecular complexity index is 1110. The molecule has 31 heavy (non-hydrogen) atoms. The molecule has 1 aliphatic heterocycles. The van der Waals surface area contributed by atoms with Gasteiger partial charge in [-0.15, -0.1) is 0 Å². The van der Waals surface area contributed by atoms with E-state index in [4.69, 9.17) is 39.5 Å². The van der Waals surface area contributed by atoms with Crippen LogP contribution in [0.15, 0.2) is 30.3 Å². The highest BCUT2D eigenvalue weighted by atomic mass is 35.5. The molecule has 160 valence electrons. The maximum atomic E-state index is 12.4. The summed E-state index contributed by atoms with van der Waals surface area (Å²) in [7, 11) is 0. The highest BCUT2D eigenvalue weighted by molar-refractivity contribution is 6.43. The van der Waals surface area contributed by atoms with Crippen molar-refractivity contribution >= 4 is 69.9 Å². The fraction of sp³-hybridized carbons (Fsp3) is 0.111. The number of imide groups is 1. The molecule has 1 N–H and O–H groups in total. The van der Waals surface area contributed by atoms with E-state index in [2.05, 4.69) is 5.32 Å². The van der Waals surface area contributed by atoms with Crippen LogP contribution >= 0.6 is 34.8 Å². The maximum absolute atomic E-state index is 12.4. The summed E-state index contributed by atoms with van der Waals surface area (Å²) in [5.74, 6) is -3.31. The van der Waals surface area contributed by atoms with Gasteiger partial charge in [-0.3, -0.25) is 34.2 Å². The molecule has 0 saturated heterocycles. The molecule has 0 aliphatic carbocycles. The Labute approximate surface area is 188 Å². The quantitative estimate of drug-likeness (QED) is 0.286. The first-order valence-electron chi connectivity index (χ1n) is 8.33. The van der Waals surface area contributed by atoms with Gasteiger partial charge in [0.2, 0.25) is 0 Å². The third-order valence-electron chi connectivity index (χ3n) is 4.10. The van der Waals surface area contributed by atoms with Gasteiger partial charge in [-0.2, -0.15) is 0 Å². The number of amides is 3. The molecule has 3 amide bonds. The predicted molar refractivity (Wildman–Crippen MR) is 110 cm³/mol. The van der Waals surface area contributed by atoms with Crippen LogP contribution in [0.1, 0.15) is 20.7 Å². The van der Waals surface area contributed by atoms with E-state index in [0.29, 0.717) is 4.90 Å². The Hall–Kier alpha value is -3.21. The second-order valence-corrected chi connectivity index (χ2v) is 7.36. The number of nitrogens with zero attached hydrogens (tertiary/aromatic N) is 2. The molecule has 13 heteroatoms. The lowest BCUT2D eigenvalue weighted by atomic mass is 10.1. The lowest BCUT2D eigenvalue weighted by molar-refractivity contribution is -0.384. The third kappa shape index (κ3) is 4.76. The van der Waals surface area contributed by atoms with Crippen molar-refractivity contribution < 1.29 is 28.8 Å². The summed E-state index contributed by atoms with van der Waals surface area (Å²) in [5, 5.41) is 13.1. The second kappa shape index (κ2) is 8.88. The van der Waals surface area contributed by atoms with Gasteiger partial charge >= 0.3 is 5.97 Å². The molecule has 0 saturated carbocycles. The Morgan fingerprint density at radius 1 is 1.00 bits per heavy atom. The first-order chi connectivity index (χ1) is 14.6. The van der Waals surface area contributed by atoms with Crippen LogP contribution in [-0.2, 0) is 14.3 Å². The summed E-state index contributed by atoms with van der Waals surface area (Å²) in [6.07, 6.45) is 0. The van der Waals surface area contributed by atoms with Crippen LogP contribution in [0.2, 0.25) is 15.1 Å². The average molecular weight is 487 g/mol. The highest BCUT2D eigenvalue weighted by Gasteiger charge is 2.37. The van der Waals surface area contributed by atoms with E-state index < -0.39 is 41.8 Å². The second-order valence-electron chi connectivity index (χ2n) is 6.14. The molecule has 1 aliphatic rings. The summed E-state index contributed by atoms with van der Waals surface area (Å²) >= 11 is 17.6. The van der Waals surface area contributed by atoms with E-state index in [1.54, 1.807) is 0 Å². The maximum Gasteiger partial charge on any atom is 0.326 e. The largest absolute Gasteiger partial charge is 0.454 e. The van der Waals surface area contributed by atoms with Crippen LogP contribution in [0.4, 0.5) is 11.4 Å². The number of anilines is 1. The molecular weight excluding hydrogens is 477 g/mol. The normalized spacial score (nSPS) is 12.5. The summed E-state index contributed by atoms with van der Waals surface area (Å²) in [5.41, 5.74) is -0.198. The number of hydrogen-bond donors (Lipinski definition) is 1. The van der Waals surface area contributed by atoms with Crippen LogP contribution in [0.25, 0.3) is 0 Å². The number of nitro benzene ring substituents is 1. The summed E-state index contributed by atoms with van der Waals surface area (Å²) in [6.45, 7) is -1.47. The molecule has 1 heterocycles. The number of carbonyl (C=O) groups is 4. The van der Waals surface area contributed by atoms with Gasteiger partial charge in [-0.1, -0.05) is 34.8 Å². The van der Waals surface area contributed by atoms with Crippen molar-refractivity contribution in [1.82, 2.24) is 4.90 Å². The molecule has 0 radical (unpaired) electrons. The molecule has 0 spiro atoms. The minimum Gasteiger partial charge on any atom is -0.454 e. The Morgan fingerprint density at radius 2 is 1.58 bits per heavy atom. The average Bonchev–Trinajstić information content (AvgIpc) is 2.92. The molecule has 0 unspecified atom stereocenters. The summed E-state index contributed by atoms with van der Waals surface area (Å²) in [4.78, 5) is 59.4. The number of hydrogen-bond acceptors (Lipinski definition) is 7. The number of benzene rings is 2. The number of nitro groups is 1. The summed E-state index contributed by atoms with van der Waals surface area (Å²) in [6, 6.07) is 5.85. The molecule has 0 atom stereocenters. The van der Waals surface area contributed by atoms with Gasteiger partial charge in [-0.25, -0.2) is 0 Å². The van der Waals surface area contributed by atoms with Gasteiger partial charge in [0.05, 0.1) is 36.8 Å². The van der Waals surface area contributed by atoms with Crippen molar-refractivity contribution in [2.75, 3.05) is 18.5 Å². The van der Waals surface area contributed by atoms with Gasteiger partial charge in [-0.05, 0) is 18.2 Å².